The molecule has 4 rings (SSSR count). The fourth-order valence-electron chi connectivity index (χ4n) is 4.44. The molecule has 1 amide bonds. The summed E-state index contributed by atoms with van der Waals surface area (Å²) < 4.78 is 4.88. The smallest absolute Gasteiger partial charge is 0.246 e. The standard InChI is InChI=1S/C20H31N3O2/c1-22(12-16-6-4-3-5-7-16)13-18-14-23-9-8-17(18)10-19(23)11-21-20(24)15-25-2/h3-7,17-19H,8-15H2,1-2H3,(H,21,24)/t17-,18-,19+/m0/s1. The summed E-state index contributed by atoms with van der Waals surface area (Å²) in [7, 11) is 3.79. The number of hydrogen-bond acceptors (Lipinski definition) is 4. The van der Waals surface area contributed by atoms with Crippen LogP contribution in [-0.4, -0.2) is 68.7 Å². The highest BCUT2D eigenvalue weighted by molar-refractivity contribution is 5.77. The van der Waals surface area contributed by atoms with E-state index in [4.69, 9.17) is 4.74 Å². The van der Waals surface area contributed by atoms with E-state index in [2.05, 4.69) is 52.5 Å². The number of amides is 1. The lowest BCUT2D eigenvalue weighted by Gasteiger charge is -2.50. The number of hydrogen-bond donors (Lipinski definition) is 1. The largest absolute Gasteiger partial charge is 0.375 e. The van der Waals surface area contributed by atoms with E-state index in [9.17, 15) is 4.79 Å². The Morgan fingerprint density at radius 1 is 1.36 bits per heavy atom. The van der Waals surface area contributed by atoms with Crippen LogP contribution in [0, 0.1) is 11.8 Å². The van der Waals surface area contributed by atoms with Crippen molar-refractivity contribution < 1.29 is 9.53 Å². The first-order valence-electron chi connectivity index (χ1n) is 9.38. The van der Waals surface area contributed by atoms with Crippen LogP contribution >= 0.6 is 0 Å². The number of piperidine rings is 3. The molecule has 1 N–H and O–H groups in total. The van der Waals surface area contributed by atoms with E-state index < -0.39 is 0 Å². The first-order chi connectivity index (χ1) is 12.2. The molecule has 3 saturated heterocycles. The van der Waals surface area contributed by atoms with Gasteiger partial charge in [-0.3, -0.25) is 9.69 Å². The summed E-state index contributed by atoms with van der Waals surface area (Å²) in [6.07, 6.45) is 2.50. The minimum atomic E-state index is -0.00992. The summed E-state index contributed by atoms with van der Waals surface area (Å²) in [5.41, 5.74) is 1.38. The van der Waals surface area contributed by atoms with Crippen LogP contribution in [-0.2, 0) is 16.1 Å². The average Bonchev–Trinajstić information content (AvgIpc) is 2.62. The second-order valence-corrected chi connectivity index (χ2v) is 7.61. The highest BCUT2D eigenvalue weighted by Gasteiger charge is 2.40. The van der Waals surface area contributed by atoms with Crippen molar-refractivity contribution in [3.8, 4) is 0 Å². The molecule has 4 atom stereocenters. The molecule has 5 nitrogen and oxygen atoms in total. The molecule has 138 valence electrons. The van der Waals surface area contributed by atoms with Crippen molar-refractivity contribution in [3.05, 3.63) is 35.9 Å². The molecule has 25 heavy (non-hydrogen) atoms. The zero-order chi connectivity index (χ0) is 17.6. The number of rotatable bonds is 8. The first kappa shape index (κ1) is 18.4. The number of carbonyl (C=O) groups excluding carboxylic acids is 1. The molecule has 0 aromatic heterocycles. The van der Waals surface area contributed by atoms with Crippen molar-refractivity contribution in [1.29, 1.82) is 0 Å². The third-order valence-corrected chi connectivity index (χ3v) is 5.67. The molecule has 3 aliphatic rings. The van der Waals surface area contributed by atoms with Crippen molar-refractivity contribution >= 4 is 5.91 Å². The van der Waals surface area contributed by atoms with Gasteiger partial charge in [-0.2, -0.15) is 0 Å². The Balaban J connectivity index is 1.46. The lowest BCUT2D eigenvalue weighted by atomic mass is 9.75. The van der Waals surface area contributed by atoms with E-state index in [-0.39, 0.29) is 12.5 Å². The fourth-order valence-corrected chi connectivity index (χ4v) is 4.44. The number of methoxy groups -OCH3 is 1. The Morgan fingerprint density at radius 2 is 2.16 bits per heavy atom. The van der Waals surface area contributed by atoms with E-state index in [1.54, 1.807) is 7.11 Å². The summed E-state index contributed by atoms with van der Waals surface area (Å²) >= 11 is 0. The zero-order valence-electron chi connectivity index (χ0n) is 15.5. The SMILES string of the molecule is COCC(=O)NC[C@H]1C[C@@H]2CCN1C[C@@H]2CN(C)Cc1ccccc1. The molecule has 0 aliphatic carbocycles. The summed E-state index contributed by atoms with van der Waals surface area (Å²) in [6, 6.07) is 11.2. The zero-order valence-corrected chi connectivity index (χ0v) is 15.5. The van der Waals surface area contributed by atoms with Crippen LogP contribution in [0.3, 0.4) is 0 Å². The van der Waals surface area contributed by atoms with Crippen LogP contribution in [0.25, 0.3) is 0 Å². The number of nitrogens with one attached hydrogen (secondary N) is 1. The van der Waals surface area contributed by atoms with Gasteiger partial charge in [-0.05, 0) is 43.8 Å². The molecule has 0 spiro atoms. The van der Waals surface area contributed by atoms with Gasteiger partial charge < -0.3 is 15.0 Å². The monoisotopic (exact) mass is 345 g/mol. The Morgan fingerprint density at radius 3 is 2.84 bits per heavy atom. The minimum absolute atomic E-state index is 0.00992. The van der Waals surface area contributed by atoms with Gasteiger partial charge in [-0.15, -0.1) is 0 Å². The van der Waals surface area contributed by atoms with Gasteiger partial charge in [-0.1, -0.05) is 30.3 Å². The maximum Gasteiger partial charge on any atom is 0.246 e. The maximum absolute atomic E-state index is 11.6. The predicted octanol–water partition coefficient (Wildman–Crippen LogP) is 1.59. The van der Waals surface area contributed by atoms with Gasteiger partial charge >= 0.3 is 0 Å². The molecule has 1 unspecified atom stereocenters. The Bertz CT molecular complexity index is 551. The predicted molar refractivity (Wildman–Crippen MR) is 99.2 cm³/mol. The number of nitrogens with zero attached hydrogens (tertiary/aromatic N) is 2. The molecule has 3 heterocycles. The average molecular weight is 345 g/mol. The van der Waals surface area contributed by atoms with Crippen LogP contribution in [0.4, 0.5) is 0 Å². The van der Waals surface area contributed by atoms with Crippen molar-refractivity contribution in [2.45, 2.75) is 25.4 Å². The van der Waals surface area contributed by atoms with Crippen LogP contribution in [0.15, 0.2) is 30.3 Å². The van der Waals surface area contributed by atoms with Gasteiger partial charge in [0.15, 0.2) is 0 Å². The number of fused-ring (bicyclic) bond motifs is 3. The molecule has 0 saturated carbocycles. The van der Waals surface area contributed by atoms with Crippen molar-refractivity contribution in [1.82, 2.24) is 15.1 Å². The Hall–Kier alpha value is -1.43. The molecular formula is C20H31N3O2. The third kappa shape index (κ3) is 5.03. The number of ether oxygens (including phenoxy) is 1. The van der Waals surface area contributed by atoms with E-state index in [1.165, 1.54) is 24.9 Å². The topological polar surface area (TPSA) is 44.8 Å². The summed E-state index contributed by atoms with van der Waals surface area (Å²) in [5.74, 6) is 1.52. The maximum atomic E-state index is 11.6. The van der Waals surface area contributed by atoms with Crippen molar-refractivity contribution in [3.63, 3.8) is 0 Å². The van der Waals surface area contributed by atoms with E-state index in [0.717, 1.165) is 38.0 Å². The van der Waals surface area contributed by atoms with Gasteiger partial charge in [0.2, 0.25) is 5.91 Å². The van der Waals surface area contributed by atoms with Gasteiger partial charge in [0.25, 0.3) is 0 Å². The van der Waals surface area contributed by atoms with Crippen molar-refractivity contribution in [2.75, 3.05) is 46.9 Å². The Labute approximate surface area is 151 Å². The molecule has 2 bridgehead atoms. The highest BCUT2D eigenvalue weighted by atomic mass is 16.5. The van der Waals surface area contributed by atoms with E-state index in [0.29, 0.717) is 6.04 Å². The van der Waals surface area contributed by atoms with E-state index in [1.807, 2.05) is 0 Å². The summed E-state index contributed by atoms with van der Waals surface area (Å²) in [5, 5.41) is 3.01. The molecule has 3 aliphatic heterocycles. The van der Waals surface area contributed by atoms with Gasteiger partial charge in [0, 0.05) is 39.3 Å². The number of carbonyl (C=O) groups is 1. The number of benzene rings is 1. The van der Waals surface area contributed by atoms with Gasteiger partial charge in [0.05, 0.1) is 0 Å². The van der Waals surface area contributed by atoms with Crippen LogP contribution < -0.4 is 5.32 Å². The first-order valence-corrected chi connectivity index (χ1v) is 9.38. The lowest BCUT2D eigenvalue weighted by molar-refractivity contribution is -0.125. The molecular weight excluding hydrogens is 314 g/mol. The molecule has 3 fully saturated rings. The molecule has 5 heteroatoms. The van der Waals surface area contributed by atoms with Crippen LogP contribution in [0.1, 0.15) is 18.4 Å². The lowest BCUT2D eigenvalue weighted by Crippen LogP contribution is -2.58. The van der Waals surface area contributed by atoms with Crippen LogP contribution in [0.5, 0.6) is 0 Å². The quantitative estimate of drug-likeness (QED) is 0.777. The highest BCUT2D eigenvalue weighted by Crippen LogP contribution is 2.36. The van der Waals surface area contributed by atoms with Gasteiger partial charge in [0.1, 0.15) is 6.61 Å². The second-order valence-electron chi connectivity index (χ2n) is 7.61. The van der Waals surface area contributed by atoms with E-state index >= 15 is 0 Å². The van der Waals surface area contributed by atoms with Crippen LogP contribution in [0.2, 0.25) is 0 Å². The summed E-state index contributed by atoms with van der Waals surface area (Å²) in [6.45, 7) is 5.41. The second kappa shape index (κ2) is 8.79. The summed E-state index contributed by atoms with van der Waals surface area (Å²) in [4.78, 5) is 16.6. The fraction of sp³-hybridized carbons (Fsp3) is 0.650. The van der Waals surface area contributed by atoms with Crippen molar-refractivity contribution in [2.24, 2.45) is 11.8 Å². The molecule has 1 aromatic carbocycles. The molecule has 1 aromatic rings. The minimum Gasteiger partial charge on any atom is -0.375 e. The Kier molecular flexibility index (Phi) is 6.45. The van der Waals surface area contributed by atoms with Gasteiger partial charge in [-0.25, -0.2) is 0 Å². The molecule has 0 radical (unpaired) electrons. The normalized spacial score (nSPS) is 28.3. The third-order valence-electron chi connectivity index (χ3n) is 5.67.